The van der Waals surface area contributed by atoms with Gasteiger partial charge in [-0.2, -0.15) is 0 Å². The highest BCUT2D eigenvalue weighted by Gasteiger charge is 2.35. The third kappa shape index (κ3) is 5.08. The number of H-pyrrole nitrogens is 1. The molecule has 8 nitrogen and oxygen atoms in total. The number of fused-ring (bicyclic) bond motifs is 1. The number of hydrogen-bond acceptors (Lipinski definition) is 6. The summed E-state index contributed by atoms with van der Waals surface area (Å²) < 4.78 is 1.92. The van der Waals surface area contributed by atoms with Crippen molar-refractivity contribution in [2.75, 3.05) is 26.2 Å². The molecular weight excluding hydrogens is 462 g/mol. The third-order valence-electron chi connectivity index (χ3n) is 7.83. The summed E-state index contributed by atoms with van der Waals surface area (Å²) in [5.74, 6) is 0.720. The van der Waals surface area contributed by atoms with Crippen LogP contribution >= 0.6 is 0 Å². The van der Waals surface area contributed by atoms with Crippen molar-refractivity contribution in [1.29, 1.82) is 0 Å². The number of pyridine rings is 1. The molecule has 0 radical (unpaired) electrons. The molecule has 0 amide bonds. The quantitative estimate of drug-likeness (QED) is 0.411. The molecule has 2 aromatic heterocycles. The van der Waals surface area contributed by atoms with Crippen molar-refractivity contribution in [3.63, 3.8) is 0 Å². The molecule has 2 aromatic carbocycles. The van der Waals surface area contributed by atoms with Crippen LogP contribution in [0, 0.1) is 13.8 Å². The second-order valence-electron chi connectivity index (χ2n) is 10.9. The van der Waals surface area contributed by atoms with E-state index in [2.05, 4.69) is 107 Å². The third-order valence-corrected chi connectivity index (χ3v) is 7.83. The number of benzene rings is 2. The zero-order valence-electron chi connectivity index (χ0n) is 22.5. The fourth-order valence-electron chi connectivity index (χ4n) is 5.36. The Hall–Kier alpha value is -3.36. The highest BCUT2D eigenvalue weighted by Crippen LogP contribution is 2.32. The Kier molecular flexibility index (Phi) is 6.96. The molecule has 37 heavy (non-hydrogen) atoms. The number of piperazine rings is 1. The van der Waals surface area contributed by atoms with Gasteiger partial charge in [0.2, 0.25) is 0 Å². The number of aromatic nitrogens is 5. The Labute approximate surface area is 218 Å². The second kappa shape index (κ2) is 10.2. The number of rotatable bonds is 7. The van der Waals surface area contributed by atoms with E-state index in [4.69, 9.17) is 0 Å². The smallest absolute Gasteiger partial charge is 0.253 e. The number of aryl methyl sites for hydroxylation is 2. The van der Waals surface area contributed by atoms with Crippen molar-refractivity contribution in [2.45, 2.75) is 59.2 Å². The van der Waals surface area contributed by atoms with Gasteiger partial charge in [0.05, 0.1) is 5.54 Å². The minimum Gasteiger partial charge on any atom is -0.322 e. The van der Waals surface area contributed by atoms with Crippen molar-refractivity contribution in [3.8, 4) is 0 Å². The fourth-order valence-corrected chi connectivity index (χ4v) is 5.36. The normalized spacial score (nSPS) is 16.4. The van der Waals surface area contributed by atoms with Crippen LogP contribution in [0.2, 0.25) is 0 Å². The number of hydrogen-bond donors (Lipinski definition) is 1. The summed E-state index contributed by atoms with van der Waals surface area (Å²) >= 11 is 0. The van der Waals surface area contributed by atoms with Crippen molar-refractivity contribution >= 4 is 10.9 Å². The lowest BCUT2D eigenvalue weighted by molar-refractivity contribution is 0.0968. The molecule has 1 saturated heterocycles. The maximum absolute atomic E-state index is 13.6. The summed E-state index contributed by atoms with van der Waals surface area (Å²) in [4.78, 5) is 21.6. The molecule has 3 heterocycles. The Morgan fingerprint density at radius 1 is 1.03 bits per heavy atom. The van der Waals surface area contributed by atoms with Crippen LogP contribution in [0.15, 0.2) is 53.3 Å². The molecule has 0 bridgehead atoms. The lowest BCUT2D eigenvalue weighted by atomic mass is 9.97. The Morgan fingerprint density at radius 2 is 1.76 bits per heavy atom. The molecule has 0 spiro atoms. The molecule has 4 aromatic rings. The summed E-state index contributed by atoms with van der Waals surface area (Å²) in [6.45, 7) is 14.9. The van der Waals surface area contributed by atoms with E-state index in [0.29, 0.717) is 5.56 Å². The maximum Gasteiger partial charge on any atom is 0.253 e. The fraction of sp³-hybridized carbons (Fsp3) is 0.448. The molecule has 0 saturated carbocycles. The maximum atomic E-state index is 13.6. The van der Waals surface area contributed by atoms with Crippen molar-refractivity contribution < 1.29 is 0 Å². The van der Waals surface area contributed by atoms with Crippen LogP contribution < -0.4 is 5.56 Å². The summed E-state index contributed by atoms with van der Waals surface area (Å²) in [6.07, 6.45) is 0.870. The topological polar surface area (TPSA) is 82.9 Å². The first-order valence-corrected chi connectivity index (χ1v) is 13.2. The molecule has 1 fully saturated rings. The standard InChI is InChI=1S/C29H37N7O/c1-6-29(4,5)36-27(31-32-33-36)26(24-18-23-21(3)16-20(2)17-25(23)30-28(24)37)35-14-12-34(13-15-35)19-22-10-8-7-9-11-22/h7-11,16-18,26H,6,12-15,19H2,1-5H3,(H,30,37). The van der Waals surface area contributed by atoms with E-state index in [-0.39, 0.29) is 17.1 Å². The SMILES string of the molecule is CCC(C)(C)n1nnnc1C(c1cc2c(C)cc(C)cc2[nH]c1=O)N1CCN(Cc2ccccc2)CC1. The average molecular weight is 500 g/mol. The van der Waals surface area contributed by atoms with E-state index in [0.717, 1.165) is 67.0 Å². The minimum absolute atomic E-state index is 0.0851. The van der Waals surface area contributed by atoms with Gasteiger partial charge in [0, 0.05) is 49.2 Å². The van der Waals surface area contributed by atoms with Crippen molar-refractivity contribution in [2.24, 2.45) is 0 Å². The lowest BCUT2D eigenvalue weighted by Gasteiger charge is -2.39. The van der Waals surface area contributed by atoms with Gasteiger partial charge >= 0.3 is 0 Å². The number of aromatic amines is 1. The van der Waals surface area contributed by atoms with Crippen molar-refractivity contribution in [1.82, 2.24) is 35.0 Å². The number of nitrogens with zero attached hydrogens (tertiary/aromatic N) is 6. The van der Waals surface area contributed by atoms with E-state index in [1.807, 2.05) is 10.7 Å². The van der Waals surface area contributed by atoms with E-state index in [1.54, 1.807) is 0 Å². The van der Waals surface area contributed by atoms with Crippen LogP contribution in [-0.2, 0) is 12.1 Å². The average Bonchev–Trinajstić information content (AvgIpc) is 3.37. The van der Waals surface area contributed by atoms with E-state index >= 15 is 0 Å². The van der Waals surface area contributed by atoms with Crippen LogP contribution in [-0.4, -0.2) is 61.2 Å². The first-order chi connectivity index (χ1) is 17.8. The van der Waals surface area contributed by atoms with Gasteiger partial charge in [0.15, 0.2) is 5.82 Å². The molecule has 1 aliphatic rings. The zero-order valence-corrected chi connectivity index (χ0v) is 22.5. The zero-order chi connectivity index (χ0) is 26.2. The molecule has 1 atom stereocenters. The molecule has 0 aliphatic carbocycles. The van der Waals surface area contributed by atoms with Gasteiger partial charge in [-0.1, -0.05) is 43.3 Å². The summed E-state index contributed by atoms with van der Waals surface area (Å²) in [7, 11) is 0. The molecule has 1 unspecified atom stereocenters. The van der Waals surface area contributed by atoms with Gasteiger partial charge in [-0.25, -0.2) is 4.68 Å². The Bertz CT molecular complexity index is 1430. The number of tetrazole rings is 1. The van der Waals surface area contributed by atoms with Crippen LogP contribution in [0.4, 0.5) is 0 Å². The Morgan fingerprint density at radius 3 is 2.46 bits per heavy atom. The number of nitrogens with one attached hydrogen (secondary N) is 1. The van der Waals surface area contributed by atoms with Crippen LogP contribution in [0.25, 0.3) is 10.9 Å². The predicted octanol–water partition coefficient (Wildman–Crippen LogP) is 4.18. The van der Waals surface area contributed by atoms with Crippen LogP contribution in [0.5, 0.6) is 0 Å². The van der Waals surface area contributed by atoms with E-state index in [9.17, 15) is 4.79 Å². The Balaban J connectivity index is 1.54. The van der Waals surface area contributed by atoms with Crippen LogP contribution in [0.3, 0.4) is 0 Å². The molecule has 194 valence electrons. The van der Waals surface area contributed by atoms with Gasteiger partial charge in [-0.05, 0) is 73.4 Å². The lowest BCUT2D eigenvalue weighted by Crippen LogP contribution is -2.49. The summed E-state index contributed by atoms with van der Waals surface area (Å²) in [6, 6.07) is 16.5. The van der Waals surface area contributed by atoms with Crippen LogP contribution in [0.1, 0.15) is 61.3 Å². The molecule has 8 heteroatoms. The monoisotopic (exact) mass is 499 g/mol. The minimum atomic E-state index is -0.339. The molecule has 1 N–H and O–H groups in total. The van der Waals surface area contributed by atoms with E-state index in [1.165, 1.54) is 5.56 Å². The molecule has 5 rings (SSSR count). The first-order valence-electron chi connectivity index (χ1n) is 13.2. The van der Waals surface area contributed by atoms with Gasteiger partial charge in [-0.3, -0.25) is 14.6 Å². The largest absolute Gasteiger partial charge is 0.322 e. The highest BCUT2D eigenvalue weighted by atomic mass is 16.1. The van der Waals surface area contributed by atoms with Gasteiger partial charge in [0.1, 0.15) is 6.04 Å². The second-order valence-corrected chi connectivity index (χ2v) is 10.9. The summed E-state index contributed by atoms with van der Waals surface area (Å²) in [5.41, 5.74) is 4.80. The summed E-state index contributed by atoms with van der Waals surface area (Å²) in [5, 5.41) is 14.1. The first kappa shape index (κ1) is 25.3. The van der Waals surface area contributed by atoms with Gasteiger partial charge < -0.3 is 4.98 Å². The van der Waals surface area contributed by atoms with Gasteiger partial charge in [-0.15, -0.1) is 5.10 Å². The van der Waals surface area contributed by atoms with Crippen molar-refractivity contribution in [3.05, 3.63) is 87.0 Å². The molecular formula is C29H37N7O. The van der Waals surface area contributed by atoms with E-state index < -0.39 is 0 Å². The highest BCUT2D eigenvalue weighted by molar-refractivity contribution is 5.83. The van der Waals surface area contributed by atoms with Gasteiger partial charge in [0.25, 0.3) is 5.56 Å². The predicted molar refractivity (Wildman–Crippen MR) is 147 cm³/mol. The molecule has 1 aliphatic heterocycles.